The quantitative estimate of drug-likeness (QED) is 0.313. The van der Waals surface area contributed by atoms with E-state index < -0.39 is 5.25 Å². The van der Waals surface area contributed by atoms with Crippen LogP contribution < -0.4 is 10.9 Å². The molecule has 1 atom stereocenters. The third kappa shape index (κ3) is 4.58. The number of aromatic nitrogens is 4. The molecule has 0 fully saturated rings. The van der Waals surface area contributed by atoms with E-state index in [1.165, 1.54) is 16.3 Å². The Balaban J connectivity index is 1.66. The SMILES string of the molecule is CC(Sc1nc2cc(Cl)ccc2c(=O)n1Cc1ccco1)C(=O)Nc1ccnn1C(C)C. The van der Waals surface area contributed by atoms with Crippen LogP contribution in [0.1, 0.15) is 32.6 Å². The Morgan fingerprint density at radius 1 is 1.25 bits per heavy atom. The van der Waals surface area contributed by atoms with Gasteiger partial charge in [-0.25, -0.2) is 9.67 Å². The van der Waals surface area contributed by atoms with E-state index >= 15 is 0 Å². The van der Waals surface area contributed by atoms with Crippen LogP contribution in [0.2, 0.25) is 5.02 Å². The van der Waals surface area contributed by atoms with Gasteiger partial charge in [-0.3, -0.25) is 14.2 Å². The lowest BCUT2D eigenvalue weighted by Gasteiger charge is -2.17. The number of thioether (sulfide) groups is 1. The van der Waals surface area contributed by atoms with Crippen molar-refractivity contribution >= 4 is 46.0 Å². The first-order chi connectivity index (χ1) is 15.3. The minimum absolute atomic E-state index is 0.105. The molecule has 166 valence electrons. The molecule has 1 amide bonds. The largest absolute Gasteiger partial charge is 0.467 e. The minimum Gasteiger partial charge on any atom is -0.467 e. The molecule has 3 aromatic heterocycles. The van der Waals surface area contributed by atoms with Crippen molar-refractivity contribution in [1.82, 2.24) is 19.3 Å². The van der Waals surface area contributed by atoms with Crippen molar-refractivity contribution in [3.05, 3.63) is 70.0 Å². The normalized spacial score (nSPS) is 12.4. The summed E-state index contributed by atoms with van der Waals surface area (Å²) in [6, 6.07) is 10.4. The summed E-state index contributed by atoms with van der Waals surface area (Å²) in [5.41, 5.74) is 0.252. The van der Waals surface area contributed by atoms with Gasteiger partial charge < -0.3 is 9.73 Å². The Bertz CT molecular complexity index is 1310. The number of fused-ring (bicyclic) bond motifs is 1. The third-order valence-electron chi connectivity index (χ3n) is 4.84. The molecule has 4 aromatic rings. The molecule has 3 heterocycles. The summed E-state index contributed by atoms with van der Waals surface area (Å²) in [5, 5.41) is 7.94. The second-order valence-electron chi connectivity index (χ2n) is 7.53. The summed E-state index contributed by atoms with van der Waals surface area (Å²) in [4.78, 5) is 30.8. The number of nitrogens with one attached hydrogen (secondary N) is 1. The number of rotatable bonds is 7. The molecule has 1 unspecified atom stereocenters. The number of furan rings is 1. The van der Waals surface area contributed by atoms with Gasteiger partial charge in [0.05, 0.1) is 35.2 Å². The molecule has 32 heavy (non-hydrogen) atoms. The van der Waals surface area contributed by atoms with Crippen molar-refractivity contribution < 1.29 is 9.21 Å². The van der Waals surface area contributed by atoms with Crippen molar-refractivity contribution in [3.63, 3.8) is 0 Å². The Hall–Kier alpha value is -3.04. The fraction of sp³-hybridized carbons (Fsp3) is 0.273. The van der Waals surface area contributed by atoms with E-state index in [9.17, 15) is 9.59 Å². The molecule has 0 aliphatic heterocycles. The molecule has 8 nitrogen and oxygen atoms in total. The van der Waals surface area contributed by atoms with Gasteiger partial charge in [0, 0.05) is 17.1 Å². The molecule has 0 saturated carbocycles. The number of nitrogens with zero attached hydrogens (tertiary/aromatic N) is 4. The first kappa shape index (κ1) is 22.2. The molecule has 4 rings (SSSR count). The van der Waals surface area contributed by atoms with Crippen LogP contribution in [0, 0.1) is 0 Å². The van der Waals surface area contributed by atoms with E-state index in [1.807, 2.05) is 13.8 Å². The number of benzene rings is 1. The molecule has 0 aliphatic rings. The number of carbonyl (C=O) groups excluding carboxylic acids is 1. The number of hydrogen-bond donors (Lipinski definition) is 1. The molecular weight excluding hydrogens is 450 g/mol. The summed E-state index contributed by atoms with van der Waals surface area (Å²) in [6.45, 7) is 5.94. The van der Waals surface area contributed by atoms with E-state index in [0.717, 1.165) is 0 Å². The van der Waals surface area contributed by atoms with Crippen molar-refractivity contribution in [2.24, 2.45) is 0 Å². The number of anilines is 1. The van der Waals surface area contributed by atoms with Crippen LogP contribution in [0.5, 0.6) is 0 Å². The number of amides is 1. The van der Waals surface area contributed by atoms with E-state index in [1.54, 1.807) is 60.5 Å². The maximum absolute atomic E-state index is 13.2. The smallest absolute Gasteiger partial charge is 0.262 e. The zero-order chi connectivity index (χ0) is 22.8. The van der Waals surface area contributed by atoms with E-state index in [0.29, 0.717) is 32.7 Å². The zero-order valence-corrected chi connectivity index (χ0v) is 19.4. The van der Waals surface area contributed by atoms with Gasteiger partial charge in [-0.05, 0) is 51.1 Å². The van der Waals surface area contributed by atoms with Gasteiger partial charge in [0.1, 0.15) is 11.6 Å². The van der Waals surface area contributed by atoms with Gasteiger partial charge in [-0.1, -0.05) is 23.4 Å². The highest BCUT2D eigenvalue weighted by Crippen LogP contribution is 2.26. The second kappa shape index (κ2) is 9.22. The molecule has 0 saturated heterocycles. The highest BCUT2D eigenvalue weighted by Gasteiger charge is 2.21. The van der Waals surface area contributed by atoms with Crippen LogP contribution in [0.25, 0.3) is 10.9 Å². The van der Waals surface area contributed by atoms with Crippen molar-refractivity contribution in [2.75, 3.05) is 5.32 Å². The van der Waals surface area contributed by atoms with Gasteiger partial charge in [-0.2, -0.15) is 5.10 Å². The van der Waals surface area contributed by atoms with Crippen molar-refractivity contribution in [3.8, 4) is 0 Å². The maximum atomic E-state index is 13.2. The average Bonchev–Trinajstić information content (AvgIpc) is 3.42. The fourth-order valence-corrected chi connectivity index (χ4v) is 4.30. The monoisotopic (exact) mass is 471 g/mol. The first-order valence-corrected chi connectivity index (χ1v) is 11.3. The first-order valence-electron chi connectivity index (χ1n) is 10.1. The minimum atomic E-state index is -0.531. The topological polar surface area (TPSA) is 94.9 Å². The van der Waals surface area contributed by atoms with Crippen LogP contribution in [0.3, 0.4) is 0 Å². The van der Waals surface area contributed by atoms with Gasteiger partial charge in [0.25, 0.3) is 5.56 Å². The second-order valence-corrected chi connectivity index (χ2v) is 9.27. The Kier molecular flexibility index (Phi) is 6.38. The Labute approximate surface area is 193 Å². The molecular formula is C22H22ClN5O3S. The summed E-state index contributed by atoms with van der Waals surface area (Å²) in [7, 11) is 0. The molecule has 0 bridgehead atoms. The van der Waals surface area contributed by atoms with Crippen LogP contribution in [0.4, 0.5) is 5.82 Å². The predicted molar refractivity (Wildman–Crippen MR) is 125 cm³/mol. The van der Waals surface area contributed by atoms with Crippen LogP contribution in [0.15, 0.2) is 63.2 Å². The van der Waals surface area contributed by atoms with Gasteiger partial charge in [-0.15, -0.1) is 0 Å². The Morgan fingerprint density at radius 3 is 2.78 bits per heavy atom. The summed E-state index contributed by atoms with van der Waals surface area (Å²) < 4.78 is 8.68. The summed E-state index contributed by atoms with van der Waals surface area (Å²) in [5.74, 6) is 1.01. The fourth-order valence-electron chi connectivity index (χ4n) is 3.23. The lowest BCUT2D eigenvalue weighted by Crippen LogP contribution is -2.28. The summed E-state index contributed by atoms with van der Waals surface area (Å²) in [6.07, 6.45) is 3.19. The molecule has 1 N–H and O–H groups in total. The van der Waals surface area contributed by atoms with E-state index in [4.69, 9.17) is 16.0 Å². The predicted octanol–water partition coefficient (Wildman–Crippen LogP) is 4.59. The van der Waals surface area contributed by atoms with Crippen molar-refractivity contribution in [1.29, 1.82) is 0 Å². The van der Waals surface area contributed by atoms with E-state index in [-0.39, 0.29) is 24.1 Å². The van der Waals surface area contributed by atoms with Gasteiger partial charge in [0.2, 0.25) is 5.91 Å². The summed E-state index contributed by atoms with van der Waals surface area (Å²) >= 11 is 7.31. The maximum Gasteiger partial charge on any atom is 0.262 e. The lowest BCUT2D eigenvalue weighted by atomic mass is 10.2. The van der Waals surface area contributed by atoms with Crippen LogP contribution in [-0.4, -0.2) is 30.5 Å². The number of carbonyl (C=O) groups is 1. The molecule has 0 aliphatic carbocycles. The molecule has 0 spiro atoms. The average molecular weight is 472 g/mol. The highest BCUT2D eigenvalue weighted by molar-refractivity contribution is 8.00. The highest BCUT2D eigenvalue weighted by atomic mass is 35.5. The molecule has 0 radical (unpaired) electrons. The zero-order valence-electron chi connectivity index (χ0n) is 17.8. The lowest BCUT2D eigenvalue weighted by molar-refractivity contribution is -0.115. The van der Waals surface area contributed by atoms with Crippen LogP contribution >= 0.6 is 23.4 Å². The van der Waals surface area contributed by atoms with Gasteiger partial charge >= 0.3 is 0 Å². The Morgan fingerprint density at radius 2 is 2.06 bits per heavy atom. The molecule has 1 aromatic carbocycles. The van der Waals surface area contributed by atoms with E-state index in [2.05, 4.69) is 15.4 Å². The van der Waals surface area contributed by atoms with Gasteiger partial charge in [0.15, 0.2) is 5.16 Å². The van der Waals surface area contributed by atoms with Crippen LogP contribution in [-0.2, 0) is 11.3 Å². The number of halogens is 1. The standard InChI is InChI=1S/C22H22ClN5O3S/c1-13(2)28-19(8-9-24-28)26-20(29)14(3)32-22-25-18-11-15(23)6-7-17(18)21(30)27(22)12-16-5-4-10-31-16/h4-11,13-14H,12H2,1-3H3,(H,26,29). The number of hydrogen-bond acceptors (Lipinski definition) is 6. The molecule has 10 heteroatoms. The van der Waals surface area contributed by atoms with Crippen molar-refractivity contribution in [2.45, 2.75) is 43.8 Å². The third-order valence-corrected chi connectivity index (χ3v) is 6.16.